The van der Waals surface area contributed by atoms with Crippen LogP contribution in [0.5, 0.6) is 0 Å². The van der Waals surface area contributed by atoms with Gasteiger partial charge >= 0.3 is 0 Å². The number of thiophene rings is 1. The molecular formula is C20H27N3O3S2. The Hall–Kier alpha value is -1.74. The molecule has 1 fully saturated rings. The van der Waals surface area contributed by atoms with Crippen LogP contribution in [-0.2, 0) is 21.4 Å². The van der Waals surface area contributed by atoms with E-state index in [0.29, 0.717) is 24.5 Å². The molecule has 0 radical (unpaired) electrons. The van der Waals surface area contributed by atoms with Crippen LogP contribution in [0, 0.1) is 12.8 Å². The molecule has 2 heterocycles. The molecule has 152 valence electrons. The first-order valence-electron chi connectivity index (χ1n) is 9.50. The summed E-state index contributed by atoms with van der Waals surface area (Å²) in [4.78, 5) is 15.7. The molecule has 1 unspecified atom stereocenters. The molecular weight excluding hydrogens is 394 g/mol. The van der Waals surface area contributed by atoms with E-state index in [1.54, 1.807) is 35.6 Å². The second-order valence-electron chi connectivity index (χ2n) is 7.26. The Kier molecular flexibility index (Phi) is 7.23. The van der Waals surface area contributed by atoms with Crippen LogP contribution in [0.3, 0.4) is 0 Å². The second kappa shape index (κ2) is 9.65. The summed E-state index contributed by atoms with van der Waals surface area (Å²) < 4.78 is 27.6. The fourth-order valence-corrected chi connectivity index (χ4v) is 5.11. The molecule has 1 aliphatic rings. The molecule has 2 aromatic rings. The van der Waals surface area contributed by atoms with Gasteiger partial charge in [-0.15, -0.1) is 11.3 Å². The number of hydrogen-bond acceptors (Lipinski definition) is 5. The van der Waals surface area contributed by atoms with Crippen molar-refractivity contribution in [3.8, 4) is 0 Å². The fraction of sp³-hybridized carbons (Fsp3) is 0.450. The number of carbonyl (C=O) groups is 1. The molecule has 0 saturated carbocycles. The molecule has 2 N–H and O–H groups in total. The Bertz CT molecular complexity index is 865. The zero-order valence-corrected chi connectivity index (χ0v) is 17.7. The number of piperidine rings is 1. The van der Waals surface area contributed by atoms with Crippen molar-refractivity contribution in [1.82, 2.24) is 14.9 Å². The largest absolute Gasteiger partial charge is 0.350 e. The maximum atomic E-state index is 12.5. The van der Waals surface area contributed by atoms with Crippen molar-refractivity contribution in [1.29, 1.82) is 0 Å². The van der Waals surface area contributed by atoms with E-state index in [0.717, 1.165) is 36.4 Å². The van der Waals surface area contributed by atoms with Crippen LogP contribution in [0.25, 0.3) is 0 Å². The maximum absolute atomic E-state index is 12.5. The van der Waals surface area contributed by atoms with Gasteiger partial charge in [0.15, 0.2) is 0 Å². The maximum Gasteiger partial charge on any atom is 0.240 e. The SMILES string of the molecule is Cc1ccc(S(=O)(=O)NCC2CCCN(CC(=O)NCc3cccs3)C2)cc1. The van der Waals surface area contributed by atoms with E-state index in [1.165, 1.54) is 0 Å². The number of amides is 1. The number of benzene rings is 1. The number of rotatable bonds is 8. The summed E-state index contributed by atoms with van der Waals surface area (Å²) in [6, 6.07) is 10.8. The van der Waals surface area contributed by atoms with E-state index in [-0.39, 0.29) is 11.8 Å². The molecule has 1 aromatic heterocycles. The van der Waals surface area contributed by atoms with Gasteiger partial charge < -0.3 is 5.32 Å². The number of nitrogens with one attached hydrogen (secondary N) is 2. The first-order valence-corrected chi connectivity index (χ1v) is 11.9. The van der Waals surface area contributed by atoms with E-state index in [2.05, 4.69) is 14.9 Å². The molecule has 0 aliphatic carbocycles. The summed E-state index contributed by atoms with van der Waals surface area (Å²) in [5.74, 6) is 0.216. The molecule has 8 heteroatoms. The third kappa shape index (κ3) is 6.13. The van der Waals surface area contributed by atoms with E-state index >= 15 is 0 Å². The van der Waals surface area contributed by atoms with Crippen molar-refractivity contribution in [3.63, 3.8) is 0 Å². The minimum Gasteiger partial charge on any atom is -0.350 e. The van der Waals surface area contributed by atoms with Crippen LogP contribution in [0.1, 0.15) is 23.3 Å². The lowest BCUT2D eigenvalue weighted by Crippen LogP contribution is -2.45. The van der Waals surface area contributed by atoms with Crippen molar-refractivity contribution in [2.75, 3.05) is 26.2 Å². The van der Waals surface area contributed by atoms with E-state index in [4.69, 9.17) is 0 Å². The number of aryl methyl sites for hydroxylation is 1. The molecule has 1 amide bonds. The lowest BCUT2D eigenvalue weighted by atomic mass is 9.98. The number of hydrogen-bond donors (Lipinski definition) is 2. The smallest absolute Gasteiger partial charge is 0.240 e. The van der Waals surface area contributed by atoms with Gasteiger partial charge in [0, 0.05) is 18.0 Å². The third-order valence-electron chi connectivity index (χ3n) is 4.90. The summed E-state index contributed by atoms with van der Waals surface area (Å²) >= 11 is 1.63. The molecule has 1 saturated heterocycles. The zero-order valence-electron chi connectivity index (χ0n) is 16.1. The average Bonchev–Trinajstić information content (AvgIpc) is 3.19. The van der Waals surface area contributed by atoms with Gasteiger partial charge in [-0.25, -0.2) is 13.1 Å². The predicted octanol–water partition coefficient (Wildman–Crippen LogP) is 2.36. The van der Waals surface area contributed by atoms with Gasteiger partial charge in [-0.1, -0.05) is 23.8 Å². The Morgan fingerprint density at radius 1 is 1.25 bits per heavy atom. The monoisotopic (exact) mass is 421 g/mol. The molecule has 0 bridgehead atoms. The van der Waals surface area contributed by atoms with Crippen LogP contribution >= 0.6 is 11.3 Å². The van der Waals surface area contributed by atoms with Crippen molar-refractivity contribution >= 4 is 27.3 Å². The Labute approximate surface area is 171 Å². The highest BCUT2D eigenvalue weighted by Crippen LogP contribution is 2.17. The van der Waals surface area contributed by atoms with Gasteiger partial charge in [-0.05, 0) is 55.8 Å². The topological polar surface area (TPSA) is 78.5 Å². The minimum atomic E-state index is -3.50. The normalized spacial score (nSPS) is 18.1. The highest BCUT2D eigenvalue weighted by atomic mass is 32.2. The first kappa shape index (κ1) is 21.0. The van der Waals surface area contributed by atoms with Gasteiger partial charge in [0.2, 0.25) is 15.9 Å². The molecule has 1 aromatic carbocycles. The lowest BCUT2D eigenvalue weighted by molar-refractivity contribution is -0.122. The van der Waals surface area contributed by atoms with Crippen molar-refractivity contribution in [3.05, 3.63) is 52.2 Å². The summed E-state index contributed by atoms with van der Waals surface area (Å²) in [5.41, 5.74) is 1.03. The number of carbonyl (C=O) groups excluding carboxylic acids is 1. The van der Waals surface area contributed by atoms with Crippen LogP contribution in [0.4, 0.5) is 0 Å². The summed E-state index contributed by atoms with van der Waals surface area (Å²) in [6.45, 7) is 4.83. The summed E-state index contributed by atoms with van der Waals surface area (Å²) in [5, 5.41) is 4.94. The first-order chi connectivity index (χ1) is 13.4. The summed E-state index contributed by atoms with van der Waals surface area (Å²) in [6.07, 6.45) is 1.93. The van der Waals surface area contributed by atoms with Crippen LogP contribution in [-0.4, -0.2) is 45.4 Å². The predicted molar refractivity (Wildman–Crippen MR) is 112 cm³/mol. The third-order valence-corrected chi connectivity index (χ3v) is 7.22. The standard InChI is InChI=1S/C20H27N3O3S2/c1-16-6-8-19(9-7-16)28(25,26)22-12-17-4-2-10-23(14-17)15-20(24)21-13-18-5-3-11-27-18/h3,5-9,11,17,22H,2,4,10,12-15H2,1H3,(H,21,24). The lowest BCUT2D eigenvalue weighted by Gasteiger charge is -2.32. The number of sulfonamides is 1. The minimum absolute atomic E-state index is 0.00860. The van der Waals surface area contributed by atoms with Crippen LogP contribution in [0.2, 0.25) is 0 Å². The second-order valence-corrected chi connectivity index (χ2v) is 10.1. The molecule has 6 nitrogen and oxygen atoms in total. The van der Waals surface area contributed by atoms with E-state index in [1.807, 2.05) is 24.4 Å². The Balaban J connectivity index is 1.45. The zero-order chi connectivity index (χ0) is 20.0. The molecule has 0 spiro atoms. The van der Waals surface area contributed by atoms with Crippen LogP contribution < -0.4 is 10.0 Å². The highest BCUT2D eigenvalue weighted by Gasteiger charge is 2.23. The quantitative estimate of drug-likeness (QED) is 0.686. The number of nitrogens with zero attached hydrogens (tertiary/aromatic N) is 1. The van der Waals surface area contributed by atoms with Crippen molar-refractivity contribution in [2.24, 2.45) is 5.92 Å². The van der Waals surface area contributed by atoms with Gasteiger partial charge in [0.1, 0.15) is 0 Å². The number of likely N-dealkylation sites (tertiary alicyclic amines) is 1. The molecule has 1 aliphatic heterocycles. The van der Waals surface area contributed by atoms with Crippen molar-refractivity contribution < 1.29 is 13.2 Å². The van der Waals surface area contributed by atoms with Gasteiger partial charge in [-0.3, -0.25) is 9.69 Å². The molecule has 1 atom stereocenters. The molecule has 28 heavy (non-hydrogen) atoms. The van der Waals surface area contributed by atoms with E-state index in [9.17, 15) is 13.2 Å². The molecule has 3 rings (SSSR count). The van der Waals surface area contributed by atoms with Gasteiger partial charge in [-0.2, -0.15) is 0 Å². The van der Waals surface area contributed by atoms with Crippen LogP contribution in [0.15, 0.2) is 46.7 Å². The van der Waals surface area contributed by atoms with Gasteiger partial charge in [0.05, 0.1) is 18.0 Å². The Morgan fingerprint density at radius 2 is 2.04 bits per heavy atom. The summed E-state index contributed by atoms with van der Waals surface area (Å²) in [7, 11) is -3.50. The Morgan fingerprint density at radius 3 is 2.75 bits per heavy atom. The average molecular weight is 422 g/mol. The van der Waals surface area contributed by atoms with Crippen molar-refractivity contribution in [2.45, 2.75) is 31.2 Å². The fourth-order valence-electron chi connectivity index (χ4n) is 3.35. The highest BCUT2D eigenvalue weighted by molar-refractivity contribution is 7.89. The van der Waals surface area contributed by atoms with Gasteiger partial charge in [0.25, 0.3) is 0 Å². The van der Waals surface area contributed by atoms with E-state index < -0.39 is 10.0 Å².